The predicted molar refractivity (Wildman–Crippen MR) is 124 cm³/mol. The van der Waals surface area contributed by atoms with E-state index in [0.717, 1.165) is 5.56 Å². The van der Waals surface area contributed by atoms with Crippen molar-refractivity contribution in [2.24, 2.45) is 0 Å². The maximum Gasteiger partial charge on any atom is 0.295 e. The standard InChI is InChI=1S/C24H25Cl2NO5/c1-13(2)14-5-7-15(8-6-14)20-19(22(29)24(30)27(20)9-10-31-3)21(28)17-11-16(25)12-18(26)23(17)32-4/h5-8,11-13,20,28H,9-10H2,1-4H3/b21-19+. The summed E-state index contributed by atoms with van der Waals surface area (Å²) in [5, 5.41) is 11.7. The number of ether oxygens (including phenoxy) is 2. The van der Waals surface area contributed by atoms with Crippen molar-refractivity contribution in [1.82, 2.24) is 4.90 Å². The maximum absolute atomic E-state index is 13.1. The highest BCUT2D eigenvalue weighted by Crippen LogP contribution is 2.43. The van der Waals surface area contributed by atoms with Gasteiger partial charge in [0.05, 0.1) is 35.9 Å². The van der Waals surface area contributed by atoms with Crippen LogP contribution in [0.5, 0.6) is 5.75 Å². The number of halogens is 2. The lowest BCUT2D eigenvalue weighted by atomic mass is 9.93. The van der Waals surface area contributed by atoms with E-state index in [1.54, 1.807) is 0 Å². The van der Waals surface area contributed by atoms with Gasteiger partial charge >= 0.3 is 0 Å². The van der Waals surface area contributed by atoms with Gasteiger partial charge < -0.3 is 19.5 Å². The fraction of sp³-hybridized carbons (Fsp3) is 0.333. The lowest BCUT2D eigenvalue weighted by Crippen LogP contribution is -2.32. The zero-order chi connectivity index (χ0) is 23.6. The maximum atomic E-state index is 13.1. The predicted octanol–water partition coefficient (Wildman–Crippen LogP) is 5.19. The Morgan fingerprint density at radius 3 is 2.34 bits per heavy atom. The largest absolute Gasteiger partial charge is 0.507 e. The molecule has 1 N–H and O–H groups in total. The van der Waals surface area contributed by atoms with E-state index in [9.17, 15) is 14.7 Å². The molecule has 1 aliphatic heterocycles. The van der Waals surface area contributed by atoms with Gasteiger partial charge in [-0.1, -0.05) is 61.3 Å². The number of amides is 1. The molecule has 1 fully saturated rings. The molecule has 3 rings (SSSR count). The van der Waals surface area contributed by atoms with Gasteiger partial charge in [-0.05, 0) is 29.2 Å². The van der Waals surface area contributed by atoms with Crippen LogP contribution in [0.1, 0.15) is 42.5 Å². The van der Waals surface area contributed by atoms with Crippen molar-refractivity contribution in [3.63, 3.8) is 0 Å². The quantitative estimate of drug-likeness (QED) is 0.337. The summed E-state index contributed by atoms with van der Waals surface area (Å²) in [7, 11) is 2.91. The number of nitrogens with zero attached hydrogens (tertiary/aromatic N) is 1. The molecule has 1 amide bonds. The van der Waals surface area contributed by atoms with Crippen LogP contribution in [0.2, 0.25) is 10.0 Å². The number of aliphatic hydroxyl groups excluding tert-OH is 1. The topological polar surface area (TPSA) is 76.1 Å². The van der Waals surface area contributed by atoms with E-state index in [0.29, 0.717) is 11.5 Å². The fourth-order valence-electron chi connectivity index (χ4n) is 3.80. The molecule has 6 nitrogen and oxygen atoms in total. The molecular formula is C24H25Cl2NO5. The van der Waals surface area contributed by atoms with Crippen LogP contribution in [-0.4, -0.2) is 49.1 Å². The Labute approximate surface area is 197 Å². The second-order valence-electron chi connectivity index (χ2n) is 7.78. The lowest BCUT2D eigenvalue weighted by Gasteiger charge is -2.25. The van der Waals surface area contributed by atoms with Gasteiger partial charge in [-0.2, -0.15) is 0 Å². The number of methoxy groups -OCH3 is 2. The van der Waals surface area contributed by atoms with Crippen LogP contribution in [0.15, 0.2) is 42.0 Å². The summed E-state index contributed by atoms with van der Waals surface area (Å²) < 4.78 is 10.5. The Morgan fingerprint density at radius 2 is 1.78 bits per heavy atom. The smallest absolute Gasteiger partial charge is 0.295 e. The molecule has 0 aliphatic carbocycles. The number of hydrogen-bond acceptors (Lipinski definition) is 5. The summed E-state index contributed by atoms with van der Waals surface area (Å²) in [4.78, 5) is 27.4. The number of hydrogen-bond donors (Lipinski definition) is 1. The molecule has 32 heavy (non-hydrogen) atoms. The van der Waals surface area contributed by atoms with Crippen molar-refractivity contribution in [3.8, 4) is 5.75 Å². The van der Waals surface area contributed by atoms with Crippen molar-refractivity contribution in [1.29, 1.82) is 0 Å². The zero-order valence-corrected chi connectivity index (χ0v) is 19.8. The molecule has 1 saturated heterocycles. The molecule has 2 aromatic carbocycles. The third-order valence-electron chi connectivity index (χ3n) is 5.46. The summed E-state index contributed by atoms with van der Waals surface area (Å²) in [5.41, 5.74) is 1.89. The van der Waals surface area contributed by atoms with Crippen LogP contribution in [0.3, 0.4) is 0 Å². The van der Waals surface area contributed by atoms with Crippen molar-refractivity contribution in [2.75, 3.05) is 27.4 Å². The van der Waals surface area contributed by atoms with Crippen LogP contribution in [-0.2, 0) is 14.3 Å². The van der Waals surface area contributed by atoms with E-state index in [1.165, 1.54) is 31.3 Å². The van der Waals surface area contributed by atoms with Crippen LogP contribution in [0.25, 0.3) is 5.76 Å². The Hall–Kier alpha value is -2.54. The zero-order valence-electron chi connectivity index (χ0n) is 18.3. The third kappa shape index (κ3) is 4.49. The van der Waals surface area contributed by atoms with Crippen molar-refractivity contribution in [3.05, 3.63) is 68.7 Å². The second-order valence-corrected chi connectivity index (χ2v) is 8.62. The summed E-state index contributed by atoms with van der Waals surface area (Å²) in [6.45, 7) is 4.57. The lowest BCUT2D eigenvalue weighted by molar-refractivity contribution is -0.140. The van der Waals surface area contributed by atoms with E-state index in [4.69, 9.17) is 32.7 Å². The first-order valence-electron chi connectivity index (χ1n) is 10.1. The average Bonchev–Trinajstić information content (AvgIpc) is 3.01. The molecule has 0 spiro atoms. The number of carbonyl (C=O) groups excluding carboxylic acids is 2. The van der Waals surface area contributed by atoms with Crippen LogP contribution in [0, 0.1) is 0 Å². The molecule has 2 aromatic rings. The van der Waals surface area contributed by atoms with Gasteiger partial charge in [0.2, 0.25) is 0 Å². The highest BCUT2D eigenvalue weighted by molar-refractivity contribution is 6.46. The Kier molecular flexibility index (Phi) is 7.49. The molecule has 1 heterocycles. The van der Waals surface area contributed by atoms with E-state index < -0.39 is 23.5 Å². The summed E-state index contributed by atoms with van der Waals surface area (Å²) >= 11 is 12.4. The molecular weight excluding hydrogens is 453 g/mol. The summed E-state index contributed by atoms with van der Waals surface area (Å²) in [5.74, 6) is -1.43. The van der Waals surface area contributed by atoms with Crippen molar-refractivity contribution in [2.45, 2.75) is 25.8 Å². The molecule has 0 radical (unpaired) electrons. The molecule has 8 heteroatoms. The summed E-state index contributed by atoms with van der Waals surface area (Å²) in [6, 6.07) is 9.75. The van der Waals surface area contributed by atoms with Gasteiger partial charge in [0.1, 0.15) is 11.5 Å². The van der Waals surface area contributed by atoms with Crippen LogP contribution in [0.4, 0.5) is 0 Å². The van der Waals surface area contributed by atoms with Gasteiger partial charge in [-0.3, -0.25) is 9.59 Å². The summed E-state index contributed by atoms with van der Waals surface area (Å²) in [6.07, 6.45) is 0. The van der Waals surface area contributed by atoms with Gasteiger partial charge in [0, 0.05) is 18.7 Å². The SMILES string of the molecule is COCCN1C(=O)C(=O)/C(=C(/O)c2cc(Cl)cc(Cl)c2OC)C1c1ccc(C(C)C)cc1. The van der Waals surface area contributed by atoms with Gasteiger partial charge in [0.15, 0.2) is 0 Å². The molecule has 170 valence electrons. The van der Waals surface area contributed by atoms with Crippen LogP contribution < -0.4 is 4.74 Å². The minimum atomic E-state index is -0.797. The van der Waals surface area contributed by atoms with Crippen molar-refractivity contribution >= 4 is 40.7 Å². The fourth-order valence-corrected chi connectivity index (χ4v) is 4.37. The van der Waals surface area contributed by atoms with E-state index in [2.05, 4.69) is 13.8 Å². The van der Waals surface area contributed by atoms with E-state index in [-0.39, 0.29) is 40.1 Å². The van der Waals surface area contributed by atoms with Gasteiger partial charge in [0.25, 0.3) is 11.7 Å². The minimum absolute atomic E-state index is 0.0555. The second kappa shape index (κ2) is 9.94. The molecule has 0 aromatic heterocycles. The van der Waals surface area contributed by atoms with Crippen LogP contribution >= 0.6 is 23.2 Å². The molecule has 1 unspecified atom stereocenters. The number of rotatable bonds is 7. The van der Waals surface area contributed by atoms with Crippen molar-refractivity contribution < 1.29 is 24.2 Å². The number of aliphatic hydroxyl groups is 1. The highest BCUT2D eigenvalue weighted by Gasteiger charge is 2.46. The first-order chi connectivity index (χ1) is 15.2. The molecule has 0 bridgehead atoms. The monoisotopic (exact) mass is 477 g/mol. The molecule has 1 atom stereocenters. The number of Topliss-reactive ketones (excluding diaryl/α,β-unsaturated/α-hetero) is 1. The number of likely N-dealkylation sites (tertiary alicyclic amines) is 1. The average molecular weight is 478 g/mol. The van der Waals surface area contributed by atoms with Gasteiger partial charge in [-0.15, -0.1) is 0 Å². The number of ketones is 1. The van der Waals surface area contributed by atoms with E-state index in [1.807, 2.05) is 24.3 Å². The minimum Gasteiger partial charge on any atom is -0.507 e. The highest BCUT2D eigenvalue weighted by atomic mass is 35.5. The third-order valence-corrected chi connectivity index (χ3v) is 5.96. The first-order valence-corrected chi connectivity index (χ1v) is 10.9. The Bertz CT molecular complexity index is 1060. The first kappa shape index (κ1) is 24.1. The number of carbonyl (C=O) groups is 2. The number of benzene rings is 2. The Morgan fingerprint density at radius 1 is 1.12 bits per heavy atom. The molecule has 0 saturated carbocycles. The normalized spacial score (nSPS) is 18.0. The molecule has 1 aliphatic rings. The Balaban J connectivity index is 2.23. The van der Waals surface area contributed by atoms with Gasteiger partial charge in [-0.25, -0.2) is 0 Å². The van der Waals surface area contributed by atoms with E-state index >= 15 is 0 Å².